The van der Waals surface area contributed by atoms with Gasteiger partial charge < -0.3 is 9.47 Å². The number of aromatic nitrogens is 3. The van der Waals surface area contributed by atoms with E-state index < -0.39 is 23.4 Å². The van der Waals surface area contributed by atoms with Crippen molar-refractivity contribution >= 4 is 28.8 Å². The maximum absolute atomic E-state index is 13.0. The summed E-state index contributed by atoms with van der Waals surface area (Å²) in [5.41, 5.74) is 0.844. The molecule has 3 rings (SSSR count). The zero-order valence-electron chi connectivity index (χ0n) is 18.0. The normalized spacial score (nSPS) is 11.9. The van der Waals surface area contributed by atoms with Crippen molar-refractivity contribution < 1.29 is 19.1 Å². The Labute approximate surface area is 175 Å². The lowest BCUT2D eigenvalue weighted by Gasteiger charge is -2.22. The number of rotatable bonds is 2. The Balaban J connectivity index is 2.10. The number of nitrogens with zero attached hydrogens (tertiary/aromatic N) is 3. The van der Waals surface area contributed by atoms with E-state index in [1.54, 1.807) is 78.5 Å². The molecule has 0 radical (unpaired) electrons. The molecule has 8 heteroatoms. The lowest BCUT2D eigenvalue weighted by Crippen LogP contribution is -2.28. The van der Waals surface area contributed by atoms with Crippen molar-refractivity contribution in [3.8, 4) is 11.3 Å². The van der Waals surface area contributed by atoms with Gasteiger partial charge in [0, 0.05) is 35.7 Å². The molecule has 30 heavy (non-hydrogen) atoms. The molecule has 0 fully saturated rings. The first-order valence-electron chi connectivity index (χ1n) is 9.58. The van der Waals surface area contributed by atoms with E-state index >= 15 is 0 Å². The molecule has 158 valence electrons. The summed E-state index contributed by atoms with van der Waals surface area (Å²) in [6, 6.07) is 5.19. The minimum atomic E-state index is -0.676. The minimum Gasteiger partial charge on any atom is -0.444 e. The molecular weight excluding hydrogens is 384 g/mol. The molecule has 0 bridgehead atoms. The van der Waals surface area contributed by atoms with Crippen LogP contribution in [0.15, 0.2) is 43.0 Å². The average molecular weight is 410 g/mol. The van der Waals surface area contributed by atoms with Crippen LogP contribution in [0.5, 0.6) is 0 Å². The van der Waals surface area contributed by atoms with Crippen molar-refractivity contribution in [2.24, 2.45) is 0 Å². The molecule has 3 aromatic heterocycles. The summed E-state index contributed by atoms with van der Waals surface area (Å²) in [7, 11) is 0. The third kappa shape index (κ3) is 4.94. The topological polar surface area (TPSA) is 95.3 Å². The van der Waals surface area contributed by atoms with Gasteiger partial charge in [0.25, 0.3) is 0 Å². The first-order valence-corrected chi connectivity index (χ1v) is 9.58. The smallest absolute Gasteiger partial charge is 0.419 e. The van der Waals surface area contributed by atoms with Crippen molar-refractivity contribution in [1.82, 2.24) is 14.5 Å². The fourth-order valence-corrected chi connectivity index (χ4v) is 2.88. The Morgan fingerprint density at radius 2 is 1.57 bits per heavy atom. The predicted molar refractivity (Wildman–Crippen MR) is 114 cm³/mol. The van der Waals surface area contributed by atoms with Crippen molar-refractivity contribution in [1.29, 1.82) is 0 Å². The van der Waals surface area contributed by atoms with Gasteiger partial charge in [-0.1, -0.05) is 0 Å². The number of ether oxygens (including phenoxy) is 2. The highest BCUT2D eigenvalue weighted by molar-refractivity contribution is 5.99. The molecule has 0 unspecified atom stereocenters. The van der Waals surface area contributed by atoms with Crippen LogP contribution in [-0.4, -0.2) is 37.9 Å². The molecule has 0 spiro atoms. The van der Waals surface area contributed by atoms with Gasteiger partial charge in [-0.25, -0.2) is 14.2 Å². The molecule has 0 saturated heterocycles. The summed E-state index contributed by atoms with van der Waals surface area (Å²) >= 11 is 0. The number of carbonyl (C=O) groups excluding carboxylic acids is 2. The van der Waals surface area contributed by atoms with Crippen LogP contribution in [0.4, 0.5) is 15.3 Å². The van der Waals surface area contributed by atoms with Crippen LogP contribution in [0.2, 0.25) is 0 Å². The number of carbonyl (C=O) groups is 2. The van der Waals surface area contributed by atoms with Gasteiger partial charge in [0.2, 0.25) is 0 Å². The fourth-order valence-electron chi connectivity index (χ4n) is 2.88. The number of pyridine rings is 2. The van der Waals surface area contributed by atoms with Gasteiger partial charge in [-0.05, 0) is 59.7 Å². The number of hydrogen-bond donors (Lipinski definition) is 1. The Hall–Kier alpha value is -3.42. The standard InChI is InChI=1S/C22H26N4O4/c1-21(2,3)29-19(27)25-16-7-9-24-13-15(16)18-11-14-12-23-10-8-17(14)26(18)20(28)30-22(4,5)6/h7-13H,1-6H3,(H,24,25,27). The van der Waals surface area contributed by atoms with E-state index in [2.05, 4.69) is 15.3 Å². The van der Waals surface area contributed by atoms with Crippen LogP contribution < -0.4 is 5.32 Å². The molecule has 3 aromatic rings. The Morgan fingerprint density at radius 3 is 2.23 bits per heavy atom. The molecule has 0 saturated carbocycles. The van der Waals surface area contributed by atoms with E-state index in [4.69, 9.17) is 9.47 Å². The molecule has 0 aliphatic rings. The number of amides is 1. The van der Waals surface area contributed by atoms with Crippen LogP contribution in [0.25, 0.3) is 22.2 Å². The number of fused-ring (bicyclic) bond motifs is 1. The predicted octanol–water partition coefficient (Wildman–Crippen LogP) is 5.23. The summed E-state index contributed by atoms with van der Waals surface area (Å²) < 4.78 is 12.4. The Morgan fingerprint density at radius 1 is 0.933 bits per heavy atom. The second kappa shape index (κ2) is 7.78. The van der Waals surface area contributed by atoms with Crippen LogP contribution in [0.1, 0.15) is 41.5 Å². The van der Waals surface area contributed by atoms with Crippen molar-refractivity contribution in [3.05, 3.63) is 43.0 Å². The number of nitrogens with one attached hydrogen (secondary N) is 1. The maximum Gasteiger partial charge on any atom is 0.419 e. The zero-order valence-corrected chi connectivity index (χ0v) is 18.0. The first-order chi connectivity index (χ1) is 13.9. The summed E-state index contributed by atoms with van der Waals surface area (Å²) in [5, 5.41) is 3.50. The summed E-state index contributed by atoms with van der Waals surface area (Å²) in [6.07, 6.45) is 5.27. The molecule has 0 atom stereocenters. The molecule has 8 nitrogen and oxygen atoms in total. The van der Waals surface area contributed by atoms with E-state index in [9.17, 15) is 9.59 Å². The van der Waals surface area contributed by atoms with Crippen LogP contribution in [0, 0.1) is 0 Å². The summed E-state index contributed by atoms with van der Waals surface area (Å²) in [5.74, 6) is 0. The van der Waals surface area contributed by atoms with E-state index in [0.717, 1.165) is 5.39 Å². The second-order valence-electron chi connectivity index (χ2n) is 8.83. The molecule has 1 N–H and O–H groups in total. The van der Waals surface area contributed by atoms with E-state index in [1.165, 1.54) is 4.57 Å². The van der Waals surface area contributed by atoms with Crippen LogP contribution >= 0.6 is 0 Å². The molecule has 3 heterocycles. The summed E-state index contributed by atoms with van der Waals surface area (Å²) in [4.78, 5) is 33.7. The highest BCUT2D eigenvalue weighted by atomic mass is 16.6. The Bertz CT molecular complexity index is 1090. The number of hydrogen-bond acceptors (Lipinski definition) is 6. The molecule has 0 aliphatic heterocycles. The minimum absolute atomic E-state index is 0.458. The second-order valence-corrected chi connectivity index (χ2v) is 8.83. The largest absolute Gasteiger partial charge is 0.444 e. The summed E-state index contributed by atoms with van der Waals surface area (Å²) in [6.45, 7) is 10.8. The lowest BCUT2D eigenvalue weighted by atomic mass is 10.1. The maximum atomic E-state index is 13.0. The van der Waals surface area contributed by atoms with Crippen molar-refractivity contribution in [2.45, 2.75) is 52.7 Å². The van der Waals surface area contributed by atoms with Gasteiger partial charge in [-0.15, -0.1) is 0 Å². The van der Waals surface area contributed by atoms with Gasteiger partial charge in [0.1, 0.15) is 11.2 Å². The van der Waals surface area contributed by atoms with Gasteiger partial charge in [-0.2, -0.15) is 0 Å². The molecule has 0 aliphatic carbocycles. The quantitative estimate of drug-likeness (QED) is 0.622. The lowest BCUT2D eigenvalue weighted by molar-refractivity contribution is 0.0546. The Kier molecular flexibility index (Phi) is 5.52. The van der Waals surface area contributed by atoms with Gasteiger partial charge >= 0.3 is 12.2 Å². The number of anilines is 1. The average Bonchev–Trinajstić information content (AvgIpc) is 2.98. The van der Waals surface area contributed by atoms with E-state index in [0.29, 0.717) is 22.5 Å². The van der Waals surface area contributed by atoms with Gasteiger partial charge in [-0.3, -0.25) is 15.3 Å². The van der Waals surface area contributed by atoms with Crippen LogP contribution in [-0.2, 0) is 9.47 Å². The SMILES string of the molecule is CC(C)(C)OC(=O)Nc1ccncc1-c1cc2cnccc2n1C(=O)OC(C)(C)C. The fraction of sp³-hybridized carbons (Fsp3) is 0.364. The molecular formula is C22H26N4O4. The van der Waals surface area contributed by atoms with Crippen molar-refractivity contribution in [2.75, 3.05) is 5.32 Å². The monoisotopic (exact) mass is 410 g/mol. The highest BCUT2D eigenvalue weighted by Gasteiger charge is 2.25. The van der Waals surface area contributed by atoms with E-state index in [-0.39, 0.29) is 0 Å². The highest BCUT2D eigenvalue weighted by Crippen LogP contribution is 2.33. The van der Waals surface area contributed by atoms with Crippen molar-refractivity contribution in [3.63, 3.8) is 0 Å². The third-order valence-corrected chi connectivity index (χ3v) is 3.91. The molecule has 0 aromatic carbocycles. The molecule has 1 amide bonds. The third-order valence-electron chi connectivity index (χ3n) is 3.91. The zero-order chi connectivity index (χ0) is 22.1. The van der Waals surface area contributed by atoms with E-state index in [1.807, 2.05) is 6.07 Å². The van der Waals surface area contributed by atoms with Crippen LogP contribution in [0.3, 0.4) is 0 Å². The first kappa shape index (κ1) is 21.3. The van der Waals surface area contributed by atoms with Gasteiger partial charge in [0.05, 0.1) is 16.9 Å². The van der Waals surface area contributed by atoms with Gasteiger partial charge in [0.15, 0.2) is 0 Å².